The molecule has 20 heavy (non-hydrogen) atoms. The lowest BCUT2D eigenvalue weighted by molar-refractivity contribution is 0.676. The number of hydrogen-bond acceptors (Lipinski definition) is 2. The number of likely N-dealkylation sites (N-methyl/N-ethyl adjacent to an activating group) is 1. The van der Waals surface area contributed by atoms with Crippen LogP contribution >= 0.6 is 11.6 Å². The maximum atomic E-state index is 6.03. The second-order valence-electron chi connectivity index (χ2n) is 5.20. The van der Waals surface area contributed by atoms with E-state index in [4.69, 9.17) is 17.3 Å². The molecule has 0 bridgehead atoms. The second-order valence-corrected chi connectivity index (χ2v) is 5.64. The summed E-state index contributed by atoms with van der Waals surface area (Å²) in [5.41, 5.74) is 10.8. The van der Waals surface area contributed by atoms with Crippen molar-refractivity contribution < 1.29 is 0 Å². The van der Waals surface area contributed by atoms with E-state index in [1.54, 1.807) is 0 Å². The van der Waals surface area contributed by atoms with Gasteiger partial charge in [-0.25, -0.2) is 0 Å². The number of benzene rings is 2. The molecule has 0 fully saturated rings. The molecule has 0 amide bonds. The van der Waals surface area contributed by atoms with Crippen LogP contribution in [0.3, 0.4) is 0 Å². The SMILES string of the molecule is Cc1ccc(N(C)C(CN)c2ccc(Cl)cc2C)cc1. The Bertz CT molecular complexity index is 578. The van der Waals surface area contributed by atoms with Crippen LogP contribution in [0.5, 0.6) is 0 Å². The topological polar surface area (TPSA) is 29.3 Å². The van der Waals surface area contributed by atoms with Gasteiger partial charge in [0.05, 0.1) is 6.04 Å². The van der Waals surface area contributed by atoms with Crippen LogP contribution in [0, 0.1) is 13.8 Å². The monoisotopic (exact) mass is 288 g/mol. The number of anilines is 1. The normalized spacial score (nSPS) is 12.2. The second kappa shape index (κ2) is 6.29. The maximum absolute atomic E-state index is 6.03. The van der Waals surface area contributed by atoms with Crippen molar-refractivity contribution in [3.05, 3.63) is 64.2 Å². The van der Waals surface area contributed by atoms with Crippen LogP contribution in [0.4, 0.5) is 5.69 Å². The molecule has 0 aromatic heterocycles. The predicted octanol–water partition coefficient (Wildman–Crippen LogP) is 4.09. The minimum absolute atomic E-state index is 0.148. The van der Waals surface area contributed by atoms with Gasteiger partial charge < -0.3 is 10.6 Å². The van der Waals surface area contributed by atoms with Crippen molar-refractivity contribution in [2.24, 2.45) is 5.73 Å². The third kappa shape index (κ3) is 3.14. The molecule has 0 saturated carbocycles. The molecule has 0 spiro atoms. The van der Waals surface area contributed by atoms with E-state index < -0.39 is 0 Å². The standard InChI is InChI=1S/C17H21ClN2/c1-12-4-7-15(8-5-12)20(3)17(11-19)16-9-6-14(18)10-13(16)2/h4-10,17H,11,19H2,1-3H3. The molecule has 1 unspecified atom stereocenters. The molecule has 0 aliphatic rings. The molecule has 2 N–H and O–H groups in total. The summed E-state index contributed by atoms with van der Waals surface area (Å²) in [6.45, 7) is 4.73. The summed E-state index contributed by atoms with van der Waals surface area (Å²) < 4.78 is 0. The number of nitrogens with two attached hydrogens (primary N) is 1. The summed E-state index contributed by atoms with van der Waals surface area (Å²) >= 11 is 6.03. The lowest BCUT2D eigenvalue weighted by Crippen LogP contribution is -2.31. The summed E-state index contributed by atoms with van der Waals surface area (Å²) in [5.74, 6) is 0. The van der Waals surface area contributed by atoms with Gasteiger partial charge in [0.1, 0.15) is 0 Å². The van der Waals surface area contributed by atoms with Gasteiger partial charge in [-0.2, -0.15) is 0 Å². The third-order valence-electron chi connectivity index (χ3n) is 3.72. The van der Waals surface area contributed by atoms with E-state index in [1.807, 2.05) is 12.1 Å². The molecule has 3 heteroatoms. The van der Waals surface area contributed by atoms with Gasteiger partial charge >= 0.3 is 0 Å². The first kappa shape index (κ1) is 14.9. The molecule has 2 aromatic carbocycles. The summed E-state index contributed by atoms with van der Waals surface area (Å²) in [4.78, 5) is 2.22. The summed E-state index contributed by atoms with van der Waals surface area (Å²) in [5, 5.41) is 0.764. The van der Waals surface area contributed by atoms with Gasteiger partial charge in [0.25, 0.3) is 0 Å². The summed E-state index contributed by atoms with van der Waals surface area (Å²) in [6, 6.07) is 14.6. The van der Waals surface area contributed by atoms with Crippen LogP contribution in [0.1, 0.15) is 22.7 Å². The Morgan fingerprint density at radius 3 is 2.30 bits per heavy atom. The molecule has 2 rings (SSSR count). The number of aryl methyl sites for hydroxylation is 2. The highest BCUT2D eigenvalue weighted by atomic mass is 35.5. The molecule has 2 nitrogen and oxygen atoms in total. The van der Waals surface area contributed by atoms with Crippen LogP contribution in [0.25, 0.3) is 0 Å². The van der Waals surface area contributed by atoms with Crippen molar-refractivity contribution in [2.45, 2.75) is 19.9 Å². The Labute approximate surface area is 126 Å². The van der Waals surface area contributed by atoms with E-state index in [9.17, 15) is 0 Å². The minimum atomic E-state index is 0.148. The Morgan fingerprint density at radius 1 is 1.10 bits per heavy atom. The number of rotatable bonds is 4. The smallest absolute Gasteiger partial charge is 0.0664 e. The van der Waals surface area contributed by atoms with E-state index in [2.05, 4.69) is 56.1 Å². The molecule has 1 atom stereocenters. The van der Waals surface area contributed by atoms with Crippen molar-refractivity contribution in [3.63, 3.8) is 0 Å². The fraction of sp³-hybridized carbons (Fsp3) is 0.294. The Morgan fingerprint density at radius 2 is 1.75 bits per heavy atom. The lowest BCUT2D eigenvalue weighted by Gasteiger charge is -2.30. The summed E-state index contributed by atoms with van der Waals surface area (Å²) in [6.07, 6.45) is 0. The summed E-state index contributed by atoms with van der Waals surface area (Å²) in [7, 11) is 2.08. The van der Waals surface area contributed by atoms with E-state index in [-0.39, 0.29) is 6.04 Å². The first-order valence-electron chi connectivity index (χ1n) is 6.78. The van der Waals surface area contributed by atoms with Gasteiger partial charge in [-0.05, 0) is 49.2 Å². The van der Waals surface area contributed by atoms with Gasteiger partial charge in [0, 0.05) is 24.3 Å². The molecule has 106 valence electrons. The minimum Gasteiger partial charge on any atom is -0.366 e. The van der Waals surface area contributed by atoms with Crippen molar-refractivity contribution >= 4 is 17.3 Å². The van der Waals surface area contributed by atoms with E-state index in [0.717, 1.165) is 5.02 Å². The van der Waals surface area contributed by atoms with Crippen LogP contribution in [-0.4, -0.2) is 13.6 Å². The zero-order valence-electron chi connectivity index (χ0n) is 12.2. The molecule has 0 radical (unpaired) electrons. The Kier molecular flexibility index (Phi) is 4.69. The van der Waals surface area contributed by atoms with Crippen molar-refractivity contribution in [1.29, 1.82) is 0 Å². The fourth-order valence-electron chi connectivity index (χ4n) is 2.47. The van der Waals surface area contributed by atoms with Crippen LogP contribution in [0.2, 0.25) is 5.02 Å². The van der Waals surface area contributed by atoms with Gasteiger partial charge in [-0.15, -0.1) is 0 Å². The van der Waals surface area contributed by atoms with Crippen LogP contribution < -0.4 is 10.6 Å². The van der Waals surface area contributed by atoms with E-state index >= 15 is 0 Å². The van der Waals surface area contributed by atoms with Gasteiger partial charge in [-0.1, -0.05) is 35.4 Å². The first-order valence-corrected chi connectivity index (χ1v) is 7.16. The molecular weight excluding hydrogens is 268 g/mol. The maximum Gasteiger partial charge on any atom is 0.0664 e. The molecule has 0 saturated heterocycles. The molecule has 0 heterocycles. The molecule has 2 aromatic rings. The Hall–Kier alpha value is -1.51. The van der Waals surface area contributed by atoms with Crippen LogP contribution in [-0.2, 0) is 0 Å². The number of hydrogen-bond donors (Lipinski definition) is 1. The lowest BCUT2D eigenvalue weighted by atomic mass is 9.99. The first-order chi connectivity index (χ1) is 9.52. The Balaban J connectivity index is 2.33. The van der Waals surface area contributed by atoms with Gasteiger partial charge in [0.15, 0.2) is 0 Å². The highest BCUT2D eigenvalue weighted by Crippen LogP contribution is 2.28. The van der Waals surface area contributed by atoms with Crippen LogP contribution in [0.15, 0.2) is 42.5 Å². The third-order valence-corrected chi connectivity index (χ3v) is 3.96. The molecule has 0 aliphatic heterocycles. The fourth-order valence-corrected chi connectivity index (χ4v) is 2.69. The van der Waals surface area contributed by atoms with Gasteiger partial charge in [-0.3, -0.25) is 0 Å². The van der Waals surface area contributed by atoms with E-state index in [1.165, 1.54) is 22.4 Å². The highest BCUT2D eigenvalue weighted by Gasteiger charge is 2.18. The highest BCUT2D eigenvalue weighted by molar-refractivity contribution is 6.30. The largest absolute Gasteiger partial charge is 0.366 e. The van der Waals surface area contributed by atoms with Crippen molar-refractivity contribution in [3.8, 4) is 0 Å². The zero-order valence-corrected chi connectivity index (χ0v) is 13.0. The van der Waals surface area contributed by atoms with Crippen molar-refractivity contribution in [2.75, 3.05) is 18.5 Å². The number of halogens is 1. The predicted molar refractivity (Wildman–Crippen MR) is 87.6 cm³/mol. The van der Waals surface area contributed by atoms with Crippen molar-refractivity contribution in [1.82, 2.24) is 0 Å². The molecular formula is C17H21ClN2. The molecule has 0 aliphatic carbocycles. The number of nitrogens with zero attached hydrogens (tertiary/aromatic N) is 1. The quantitative estimate of drug-likeness (QED) is 0.918. The van der Waals surface area contributed by atoms with Gasteiger partial charge in [0.2, 0.25) is 0 Å². The van der Waals surface area contributed by atoms with E-state index in [0.29, 0.717) is 6.54 Å². The average Bonchev–Trinajstić information content (AvgIpc) is 2.42. The zero-order chi connectivity index (χ0) is 14.7. The average molecular weight is 289 g/mol.